The van der Waals surface area contributed by atoms with E-state index in [0.29, 0.717) is 6.04 Å². The summed E-state index contributed by atoms with van der Waals surface area (Å²) in [6.07, 6.45) is 9.25. The van der Waals surface area contributed by atoms with Crippen molar-refractivity contribution in [2.45, 2.75) is 51.2 Å². The fourth-order valence-corrected chi connectivity index (χ4v) is 3.23. The molecule has 1 aromatic rings. The minimum absolute atomic E-state index is 0.702. The van der Waals surface area contributed by atoms with Crippen molar-refractivity contribution < 1.29 is 0 Å². The molecule has 2 atom stereocenters. The molecule has 3 nitrogen and oxygen atoms in total. The first-order valence-electron chi connectivity index (χ1n) is 7.73. The maximum absolute atomic E-state index is 4.12. The highest BCUT2D eigenvalue weighted by Gasteiger charge is 2.36. The molecule has 2 aliphatic rings. The van der Waals surface area contributed by atoms with Gasteiger partial charge in [0.1, 0.15) is 0 Å². The number of hydrogen-bond acceptors (Lipinski definition) is 3. The zero-order valence-electron chi connectivity index (χ0n) is 11.9. The van der Waals surface area contributed by atoms with Crippen molar-refractivity contribution in [3.05, 3.63) is 30.1 Å². The van der Waals surface area contributed by atoms with Crippen molar-refractivity contribution in [1.29, 1.82) is 0 Å². The second-order valence-electron chi connectivity index (χ2n) is 6.08. The summed E-state index contributed by atoms with van der Waals surface area (Å²) in [5.74, 6) is 0.947. The van der Waals surface area contributed by atoms with Crippen molar-refractivity contribution in [2.24, 2.45) is 5.92 Å². The predicted molar refractivity (Wildman–Crippen MR) is 77.9 cm³/mol. The van der Waals surface area contributed by atoms with Gasteiger partial charge in [-0.1, -0.05) is 13.3 Å². The van der Waals surface area contributed by atoms with Crippen LogP contribution in [0, 0.1) is 5.92 Å². The van der Waals surface area contributed by atoms with Crippen molar-refractivity contribution in [2.75, 3.05) is 13.1 Å². The van der Waals surface area contributed by atoms with Gasteiger partial charge in [0.2, 0.25) is 0 Å². The fourth-order valence-electron chi connectivity index (χ4n) is 3.23. The molecule has 0 aromatic carbocycles. The number of rotatable bonds is 5. The zero-order chi connectivity index (χ0) is 13.1. The lowest BCUT2D eigenvalue weighted by atomic mass is 10.0. The van der Waals surface area contributed by atoms with Crippen molar-refractivity contribution >= 4 is 0 Å². The molecule has 1 aromatic heterocycles. The van der Waals surface area contributed by atoms with Crippen LogP contribution in [0.5, 0.6) is 0 Å². The molecule has 3 heteroatoms. The summed E-state index contributed by atoms with van der Waals surface area (Å²) < 4.78 is 0. The average molecular weight is 259 g/mol. The van der Waals surface area contributed by atoms with Crippen LogP contribution in [0.2, 0.25) is 0 Å². The Morgan fingerprint density at radius 1 is 1.32 bits per heavy atom. The maximum atomic E-state index is 4.12. The number of nitrogens with zero attached hydrogens (tertiary/aromatic N) is 2. The Bertz CT molecular complexity index is 388. The monoisotopic (exact) mass is 259 g/mol. The van der Waals surface area contributed by atoms with Gasteiger partial charge < -0.3 is 5.32 Å². The SMILES string of the molecule is CCCC1CNC(C2CC2)CN1Cc1ccncc1. The summed E-state index contributed by atoms with van der Waals surface area (Å²) in [5.41, 5.74) is 1.40. The second kappa shape index (κ2) is 6.02. The van der Waals surface area contributed by atoms with Crippen molar-refractivity contribution in [3.63, 3.8) is 0 Å². The van der Waals surface area contributed by atoms with Crippen LogP contribution in [0.4, 0.5) is 0 Å². The van der Waals surface area contributed by atoms with Gasteiger partial charge in [0.15, 0.2) is 0 Å². The lowest BCUT2D eigenvalue weighted by molar-refractivity contribution is 0.108. The molecule has 0 amide bonds. The number of piperazine rings is 1. The van der Waals surface area contributed by atoms with Crippen LogP contribution in [0.1, 0.15) is 38.2 Å². The number of pyridine rings is 1. The summed E-state index contributed by atoms with van der Waals surface area (Å²) >= 11 is 0. The molecule has 1 saturated carbocycles. The molecule has 1 N–H and O–H groups in total. The smallest absolute Gasteiger partial charge is 0.0271 e. The fraction of sp³-hybridized carbons (Fsp3) is 0.688. The van der Waals surface area contributed by atoms with Gasteiger partial charge in [0.25, 0.3) is 0 Å². The lowest BCUT2D eigenvalue weighted by Gasteiger charge is -2.40. The molecule has 1 saturated heterocycles. The van der Waals surface area contributed by atoms with E-state index in [1.807, 2.05) is 12.4 Å². The predicted octanol–water partition coefficient (Wildman–Crippen LogP) is 2.43. The molecule has 104 valence electrons. The van der Waals surface area contributed by atoms with Gasteiger partial charge in [-0.05, 0) is 42.9 Å². The van der Waals surface area contributed by atoms with Crippen molar-refractivity contribution in [3.8, 4) is 0 Å². The van der Waals surface area contributed by atoms with E-state index in [1.54, 1.807) is 0 Å². The Balaban J connectivity index is 1.65. The van der Waals surface area contributed by atoms with Crippen LogP contribution in [-0.2, 0) is 6.54 Å². The van der Waals surface area contributed by atoms with Crippen LogP contribution >= 0.6 is 0 Å². The third-order valence-electron chi connectivity index (χ3n) is 4.51. The Kier molecular flexibility index (Phi) is 4.14. The van der Waals surface area contributed by atoms with Gasteiger partial charge in [-0.25, -0.2) is 0 Å². The van der Waals surface area contributed by atoms with Crippen LogP contribution in [0.3, 0.4) is 0 Å². The summed E-state index contributed by atoms with van der Waals surface area (Å²) in [5, 5.41) is 3.78. The molecular weight excluding hydrogens is 234 g/mol. The van der Waals surface area contributed by atoms with E-state index in [2.05, 4.69) is 34.3 Å². The molecule has 0 bridgehead atoms. The molecule has 2 heterocycles. The normalized spacial score (nSPS) is 28.5. The molecule has 2 fully saturated rings. The number of nitrogens with one attached hydrogen (secondary N) is 1. The highest BCUT2D eigenvalue weighted by molar-refractivity contribution is 5.10. The summed E-state index contributed by atoms with van der Waals surface area (Å²) in [4.78, 5) is 6.81. The van der Waals surface area contributed by atoms with E-state index in [-0.39, 0.29) is 0 Å². The number of hydrogen-bond donors (Lipinski definition) is 1. The standard InChI is InChI=1S/C16H25N3/c1-2-3-15-10-18-16(14-4-5-14)12-19(15)11-13-6-8-17-9-7-13/h6-9,14-16,18H,2-5,10-12H2,1H3. The largest absolute Gasteiger partial charge is 0.311 e. The molecule has 0 spiro atoms. The summed E-state index contributed by atoms with van der Waals surface area (Å²) in [6.45, 7) is 5.76. The van der Waals surface area contributed by atoms with Gasteiger partial charge in [-0.15, -0.1) is 0 Å². The highest BCUT2D eigenvalue weighted by atomic mass is 15.2. The Hall–Kier alpha value is -0.930. The van der Waals surface area contributed by atoms with E-state index < -0.39 is 0 Å². The lowest BCUT2D eigenvalue weighted by Crippen LogP contribution is -2.56. The van der Waals surface area contributed by atoms with Gasteiger partial charge in [0, 0.05) is 44.1 Å². The zero-order valence-corrected chi connectivity index (χ0v) is 11.9. The summed E-state index contributed by atoms with van der Waals surface area (Å²) in [7, 11) is 0. The van der Waals surface area contributed by atoms with E-state index in [4.69, 9.17) is 0 Å². The molecule has 3 rings (SSSR count). The Morgan fingerprint density at radius 2 is 2.11 bits per heavy atom. The first-order valence-corrected chi connectivity index (χ1v) is 7.73. The molecule has 1 aliphatic carbocycles. The molecule has 19 heavy (non-hydrogen) atoms. The van der Waals surface area contributed by atoms with Gasteiger partial charge >= 0.3 is 0 Å². The molecule has 0 radical (unpaired) electrons. The minimum Gasteiger partial charge on any atom is -0.311 e. The topological polar surface area (TPSA) is 28.2 Å². The third kappa shape index (κ3) is 3.34. The Labute approximate surface area is 116 Å². The van der Waals surface area contributed by atoms with E-state index >= 15 is 0 Å². The van der Waals surface area contributed by atoms with Crippen LogP contribution in [0.15, 0.2) is 24.5 Å². The Morgan fingerprint density at radius 3 is 2.79 bits per heavy atom. The molecule has 2 unspecified atom stereocenters. The summed E-state index contributed by atoms with van der Waals surface area (Å²) in [6, 6.07) is 5.73. The van der Waals surface area contributed by atoms with E-state index in [0.717, 1.165) is 18.5 Å². The first-order chi connectivity index (χ1) is 9.36. The van der Waals surface area contributed by atoms with E-state index in [9.17, 15) is 0 Å². The van der Waals surface area contributed by atoms with E-state index in [1.165, 1.54) is 44.3 Å². The van der Waals surface area contributed by atoms with Crippen molar-refractivity contribution in [1.82, 2.24) is 15.2 Å². The van der Waals surface area contributed by atoms with Crippen LogP contribution in [-0.4, -0.2) is 35.1 Å². The van der Waals surface area contributed by atoms with Crippen LogP contribution < -0.4 is 5.32 Å². The molecule has 1 aliphatic heterocycles. The minimum atomic E-state index is 0.702. The number of aromatic nitrogens is 1. The van der Waals surface area contributed by atoms with Crippen LogP contribution in [0.25, 0.3) is 0 Å². The van der Waals surface area contributed by atoms with Gasteiger partial charge in [-0.3, -0.25) is 9.88 Å². The first kappa shape index (κ1) is 13.1. The van der Waals surface area contributed by atoms with Gasteiger partial charge in [-0.2, -0.15) is 0 Å². The van der Waals surface area contributed by atoms with Gasteiger partial charge in [0.05, 0.1) is 0 Å². The maximum Gasteiger partial charge on any atom is 0.0271 e. The second-order valence-corrected chi connectivity index (χ2v) is 6.08. The third-order valence-corrected chi connectivity index (χ3v) is 4.51. The molecular formula is C16H25N3. The highest BCUT2D eigenvalue weighted by Crippen LogP contribution is 2.34. The quantitative estimate of drug-likeness (QED) is 0.880. The average Bonchev–Trinajstić information content (AvgIpc) is 3.27.